The van der Waals surface area contributed by atoms with E-state index >= 15 is 0 Å². The molecule has 0 aliphatic rings. The lowest BCUT2D eigenvalue weighted by Gasteiger charge is -2.15. The molecule has 1 atom stereocenters. The highest BCUT2D eigenvalue weighted by Gasteiger charge is 2.07. The number of anilines is 1. The van der Waals surface area contributed by atoms with Gasteiger partial charge in [-0.25, -0.2) is 0 Å². The van der Waals surface area contributed by atoms with Crippen LogP contribution in [0.5, 0.6) is 0 Å². The first-order valence-corrected chi connectivity index (χ1v) is 7.20. The molecular weight excluding hydrogens is 264 g/mol. The summed E-state index contributed by atoms with van der Waals surface area (Å²) in [7, 11) is 0. The highest BCUT2D eigenvalue weighted by atomic mass is 16.1. The Morgan fingerprint density at radius 2 is 2.24 bits per heavy atom. The number of carbonyl (C=O) groups is 1. The molecule has 0 spiro atoms. The number of rotatable bonds is 6. The van der Waals surface area contributed by atoms with Crippen molar-refractivity contribution in [2.24, 2.45) is 0 Å². The highest BCUT2D eigenvalue weighted by Crippen LogP contribution is 2.17. The Hall–Kier alpha value is -2.14. The molecule has 0 radical (unpaired) electrons. The van der Waals surface area contributed by atoms with Crippen LogP contribution < -0.4 is 10.6 Å². The molecule has 1 unspecified atom stereocenters. The summed E-state index contributed by atoms with van der Waals surface area (Å²) in [5, 5.41) is 10.5. The third-order valence-corrected chi connectivity index (χ3v) is 3.33. The third kappa shape index (κ3) is 4.43. The minimum Gasteiger partial charge on any atom is -0.326 e. The van der Waals surface area contributed by atoms with Crippen LogP contribution in [0.2, 0.25) is 0 Å². The van der Waals surface area contributed by atoms with Gasteiger partial charge in [-0.3, -0.25) is 9.48 Å². The number of nitrogens with one attached hydrogen (secondary N) is 2. The summed E-state index contributed by atoms with van der Waals surface area (Å²) in [5.41, 5.74) is 3.14. The van der Waals surface area contributed by atoms with Gasteiger partial charge >= 0.3 is 0 Å². The van der Waals surface area contributed by atoms with Crippen LogP contribution in [0.25, 0.3) is 0 Å². The van der Waals surface area contributed by atoms with Gasteiger partial charge in [-0.15, -0.1) is 0 Å². The van der Waals surface area contributed by atoms with Crippen LogP contribution in [-0.2, 0) is 17.9 Å². The summed E-state index contributed by atoms with van der Waals surface area (Å²) in [6.07, 6.45) is 3.93. The molecule has 0 fully saturated rings. The van der Waals surface area contributed by atoms with E-state index in [1.807, 2.05) is 35.3 Å². The zero-order chi connectivity index (χ0) is 15.2. The van der Waals surface area contributed by atoms with Crippen LogP contribution in [0, 0.1) is 0 Å². The summed E-state index contributed by atoms with van der Waals surface area (Å²) < 4.78 is 1.92. The first-order valence-electron chi connectivity index (χ1n) is 7.20. The number of nitrogens with zero attached hydrogens (tertiary/aromatic N) is 2. The average Bonchev–Trinajstić information content (AvgIpc) is 2.92. The Morgan fingerprint density at radius 1 is 1.43 bits per heavy atom. The quantitative estimate of drug-likeness (QED) is 0.858. The molecule has 2 N–H and O–H groups in total. The van der Waals surface area contributed by atoms with E-state index in [-0.39, 0.29) is 11.9 Å². The SMILES string of the molecule is CCn1cc(CNC(C)c2cccc(NC(C)=O)c2)cn1. The van der Waals surface area contributed by atoms with Gasteiger partial charge in [-0.1, -0.05) is 12.1 Å². The molecule has 0 saturated carbocycles. The number of aromatic nitrogens is 2. The van der Waals surface area contributed by atoms with Crippen LogP contribution in [-0.4, -0.2) is 15.7 Å². The fraction of sp³-hybridized carbons (Fsp3) is 0.375. The maximum Gasteiger partial charge on any atom is 0.221 e. The molecule has 0 aliphatic carbocycles. The first-order chi connectivity index (χ1) is 10.1. The molecule has 0 saturated heterocycles. The van der Waals surface area contributed by atoms with E-state index in [0.29, 0.717) is 0 Å². The van der Waals surface area contributed by atoms with Crippen LogP contribution in [0.4, 0.5) is 5.69 Å². The molecular formula is C16H22N4O. The molecule has 1 heterocycles. The van der Waals surface area contributed by atoms with Gasteiger partial charge in [0.15, 0.2) is 0 Å². The average molecular weight is 286 g/mol. The lowest BCUT2D eigenvalue weighted by atomic mass is 10.1. The molecule has 21 heavy (non-hydrogen) atoms. The van der Waals surface area contributed by atoms with Crippen molar-refractivity contribution in [1.29, 1.82) is 0 Å². The van der Waals surface area contributed by atoms with Crippen molar-refractivity contribution in [2.75, 3.05) is 5.32 Å². The van der Waals surface area contributed by atoms with Crippen molar-refractivity contribution < 1.29 is 4.79 Å². The number of hydrogen-bond acceptors (Lipinski definition) is 3. The van der Waals surface area contributed by atoms with Crippen molar-refractivity contribution >= 4 is 11.6 Å². The summed E-state index contributed by atoms with van der Waals surface area (Å²) in [6.45, 7) is 7.34. The van der Waals surface area contributed by atoms with Crippen molar-refractivity contribution in [3.8, 4) is 0 Å². The zero-order valence-corrected chi connectivity index (χ0v) is 12.8. The maximum atomic E-state index is 11.1. The Kier molecular flexibility index (Phi) is 5.11. The van der Waals surface area contributed by atoms with Gasteiger partial charge in [-0.2, -0.15) is 5.10 Å². The molecule has 112 valence electrons. The first kappa shape index (κ1) is 15.3. The second-order valence-corrected chi connectivity index (χ2v) is 5.11. The normalized spacial score (nSPS) is 12.1. The van der Waals surface area contributed by atoms with Crippen molar-refractivity contribution in [2.45, 2.75) is 39.9 Å². The van der Waals surface area contributed by atoms with Gasteiger partial charge in [0.2, 0.25) is 5.91 Å². The van der Waals surface area contributed by atoms with Gasteiger partial charge in [0.25, 0.3) is 0 Å². The smallest absolute Gasteiger partial charge is 0.221 e. The van der Waals surface area contributed by atoms with E-state index in [1.54, 1.807) is 0 Å². The Bertz CT molecular complexity index is 606. The van der Waals surface area contributed by atoms with Crippen LogP contribution in [0.1, 0.15) is 37.9 Å². The maximum absolute atomic E-state index is 11.1. The molecule has 0 bridgehead atoms. The van der Waals surface area contributed by atoms with Crippen LogP contribution >= 0.6 is 0 Å². The third-order valence-electron chi connectivity index (χ3n) is 3.33. The largest absolute Gasteiger partial charge is 0.326 e. The molecule has 1 amide bonds. The minimum atomic E-state index is -0.0558. The lowest BCUT2D eigenvalue weighted by Crippen LogP contribution is -2.18. The molecule has 5 heteroatoms. The standard InChI is InChI=1S/C16H22N4O/c1-4-20-11-14(10-18-20)9-17-12(2)15-6-5-7-16(8-15)19-13(3)21/h5-8,10-12,17H,4,9H2,1-3H3,(H,19,21). The van der Waals surface area contributed by atoms with Crippen molar-refractivity contribution in [3.63, 3.8) is 0 Å². The summed E-state index contributed by atoms with van der Waals surface area (Å²) in [4.78, 5) is 11.1. The van der Waals surface area contributed by atoms with Gasteiger partial charge < -0.3 is 10.6 Å². The second kappa shape index (κ2) is 7.04. The molecule has 5 nitrogen and oxygen atoms in total. The molecule has 2 aromatic rings. The summed E-state index contributed by atoms with van der Waals surface area (Å²) in [5.74, 6) is -0.0558. The fourth-order valence-electron chi connectivity index (χ4n) is 2.15. The van der Waals surface area contributed by atoms with Gasteiger partial charge in [0, 0.05) is 43.5 Å². The highest BCUT2D eigenvalue weighted by molar-refractivity contribution is 5.88. The summed E-state index contributed by atoms with van der Waals surface area (Å²) in [6, 6.07) is 8.09. The topological polar surface area (TPSA) is 59.0 Å². The molecule has 1 aromatic carbocycles. The molecule has 0 aliphatic heterocycles. The molecule has 2 rings (SSSR count). The Labute approximate surface area is 125 Å². The van der Waals surface area contributed by atoms with E-state index in [1.165, 1.54) is 12.5 Å². The predicted octanol–water partition coefficient (Wildman–Crippen LogP) is 2.71. The fourth-order valence-corrected chi connectivity index (χ4v) is 2.15. The second-order valence-electron chi connectivity index (χ2n) is 5.11. The number of hydrogen-bond donors (Lipinski definition) is 2. The van der Waals surface area contributed by atoms with E-state index in [2.05, 4.69) is 35.6 Å². The van der Waals surface area contributed by atoms with Gasteiger partial charge in [0.1, 0.15) is 0 Å². The van der Waals surface area contributed by atoms with Crippen LogP contribution in [0.3, 0.4) is 0 Å². The summed E-state index contributed by atoms with van der Waals surface area (Å²) >= 11 is 0. The molecule has 1 aromatic heterocycles. The minimum absolute atomic E-state index is 0.0558. The monoisotopic (exact) mass is 286 g/mol. The lowest BCUT2D eigenvalue weighted by molar-refractivity contribution is -0.114. The van der Waals surface area contributed by atoms with E-state index in [9.17, 15) is 4.79 Å². The van der Waals surface area contributed by atoms with Gasteiger partial charge in [-0.05, 0) is 31.5 Å². The number of benzene rings is 1. The predicted molar refractivity (Wildman–Crippen MR) is 83.9 cm³/mol. The van der Waals surface area contributed by atoms with E-state index < -0.39 is 0 Å². The number of aryl methyl sites for hydroxylation is 1. The van der Waals surface area contributed by atoms with E-state index in [0.717, 1.165) is 24.3 Å². The van der Waals surface area contributed by atoms with Crippen molar-refractivity contribution in [3.05, 3.63) is 47.8 Å². The number of carbonyl (C=O) groups excluding carboxylic acids is 1. The Morgan fingerprint density at radius 3 is 2.90 bits per heavy atom. The zero-order valence-electron chi connectivity index (χ0n) is 12.8. The van der Waals surface area contributed by atoms with Crippen LogP contribution in [0.15, 0.2) is 36.7 Å². The van der Waals surface area contributed by atoms with Gasteiger partial charge in [0.05, 0.1) is 6.20 Å². The Balaban J connectivity index is 1.96. The van der Waals surface area contributed by atoms with E-state index in [4.69, 9.17) is 0 Å². The number of amides is 1. The van der Waals surface area contributed by atoms with Crippen molar-refractivity contribution in [1.82, 2.24) is 15.1 Å².